The van der Waals surface area contributed by atoms with Crippen LogP contribution in [0.2, 0.25) is 0 Å². The normalized spacial score (nSPS) is 14.0. The number of hydrogen-bond acceptors (Lipinski definition) is 7. The number of carbonyl (C=O) groups is 2. The number of rotatable bonds is 4. The fourth-order valence-corrected chi connectivity index (χ4v) is 2.99. The zero-order chi connectivity index (χ0) is 20.2. The molecule has 1 fully saturated rings. The van der Waals surface area contributed by atoms with Crippen LogP contribution in [0.5, 0.6) is 0 Å². The average Bonchev–Trinajstić information content (AvgIpc) is 3.23. The highest BCUT2D eigenvalue weighted by Gasteiger charge is 2.25. The van der Waals surface area contributed by atoms with Gasteiger partial charge < -0.3 is 14.2 Å². The Bertz CT molecular complexity index is 1000. The van der Waals surface area contributed by atoms with Crippen LogP contribution in [0.4, 0.5) is 16.1 Å². The maximum Gasteiger partial charge on any atom is 0.302 e. The molecule has 2 amide bonds. The van der Waals surface area contributed by atoms with Crippen molar-refractivity contribution in [3.8, 4) is 0 Å². The fourth-order valence-electron chi connectivity index (χ4n) is 2.99. The molecule has 2 aromatic heterocycles. The summed E-state index contributed by atoms with van der Waals surface area (Å²) in [4.78, 5) is 40.2. The molecule has 0 unspecified atom stereocenters. The summed E-state index contributed by atoms with van der Waals surface area (Å²) in [5.41, 5.74) is 1.12. The number of aromatic nitrogens is 3. The van der Waals surface area contributed by atoms with E-state index in [1.165, 1.54) is 37.0 Å². The first-order chi connectivity index (χ1) is 14.1. The number of hydrogen-bond donors (Lipinski definition) is 1. The largest absolute Gasteiger partial charge is 0.431 e. The number of halogens is 1. The van der Waals surface area contributed by atoms with Crippen LogP contribution in [0.1, 0.15) is 21.0 Å². The SMILES string of the molecule is O=C(Nc1nc(C(=O)N2CCN(c3ccc(F)cc3)CC2)co1)c1cnccn1. The molecule has 0 saturated carbocycles. The van der Waals surface area contributed by atoms with E-state index in [1.807, 2.05) is 0 Å². The number of amides is 2. The zero-order valence-corrected chi connectivity index (χ0v) is 15.3. The van der Waals surface area contributed by atoms with Gasteiger partial charge in [-0.1, -0.05) is 0 Å². The van der Waals surface area contributed by atoms with Crippen molar-refractivity contribution in [2.45, 2.75) is 0 Å². The molecule has 10 heteroatoms. The summed E-state index contributed by atoms with van der Waals surface area (Å²) in [6.45, 7) is 2.21. The van der Waals surface area contributed by atoms with E-state index in [-0.39, 0.29) is 29.1 Å². The van der Waals surface area contributed by atoms with Crippen molar-refractivity contribution >= 4 is 23.5 Å². The summed E-state index contributed by atoms with van der Waals surface area (Å²) in [5, 5.41) is 2.44. The van der Waals surface area contributed by atoms with Gasteiger partial charge in [0.2, 0.25) is 0 Å². The molecular formula is C19H17FN6O3. The van der Waals surface area contributed by atoms with Gasteiger partial charge in [-0.2, -0.15) is 4.98 Å². The van der Waals surface area contributed by atoms with E-state index in [2.05, 4.69) is 25.2 Å². The molecule has 3 aromatic rings. The van der Waals surface area contributed by atoms with Gasteiger partial charge in [-0.3, -0.25) is 19.9 Å². The van der Waals surface area contributed by atoms with E-state index in [4.69, 9.17) is 4.42 Å². The lowest BCUT2D eigenvalue weighted by atomic mass is 10.2. The minimum atomic E-state index is -0.535. The van der Waals surface area contributed by atoms with Gasteiger partial charge in [0.15, 0.2) is 5.69 Å². The van der Waals surface area contributed by atoms with E-state index in [0.29, 0.717) is 26.2 Å². The number of carbonyl (C=O) groups excluding carboxylic acids is 2. The van der Waals surface area contributed by atoms with E-state index in [9.17, 15) is 14.0 Å². The van der Waals surface area contributed by atoms with Crippen LogP contribution in [0, 0.1) is 5.82 Å². The molecule has 3 heterocycles. The Kier molecular flexibility index (Phi) is 5.14. The van der Waals surface area contributed by atoms with Crippen LogP contribution in [-0.4, -0.2) is 57.8 Å². The molecule has 1 saturated heterocycles. The van der Waals surface area contributed by atoms with Crippen molar-refractivity contribution < 1.29 is 18.4 Å². The number of anilines is 2. The van der Waals surface area contributed by atoms with Crippen LogP contribution in [0.3, 0.4) is 0 Å². The number of piperazine rings is 1. The molecule has 1 aliphatic heterocycles. The first-order valence-electron chi connectivity index (χ1n) is 8.93. The van der Waals surface area contributed by atoms with E-state index < -0.39 is 5.91 Å². The molecule has 4 rings (SSSR count). The Morgan fingerprint density at radius 1 is 1.03 bits per heavy atom. The van der Waals surface area contributed by atoms with Gasteiger partial charge in [-0.25, -0.2) is 9.37 Å². The van der Waals surface area contributed by atoms with Gasteiger partial charge in [0.1, 0.15) is 17.8 Å². The lowest BCUT2D eigenvalue weighted by Crippen LogP contribution is -2.48. The molecule has 0 aliphatic carbocycles. The second-order valence-corrected chi connectivity index (χ2v) is 6.34. The molecule has 1 aromatic carbocycles. The average molecular weight is 396 g/mol. The Hall–Kier alpha value is -3.82. The van der Waals surface area contributed by atoms with Gasteiger partial charge in [0.25, 0.3) is 11.8 Å². The summed E-state index contributed by atoms with van der Waals surface area (Å²) in [7, 11) is 0. The van der Waals surface area contributed by atoms with E-state index in [0.717, 1.165) is 5.69 Å². The Balaban J connectivity index is 1.35. The molecular weight excluding hydrogens is 379 g/mol. The minimum Gasteiger partial charge on any atom is -0.431 e. The van der Waals surface area contributed by atoms with Gasteiger partial charge in [-0.05, 0) is 24.3 Å². The van der Waals surface area contributed by atoms with Gasteiger partial charge in [-0.15, -0.1) is 0 Å². The highest BCUT2D eigenvalue weighted by molar-refractivity contribution is 6.01. The van der Waals surface area contributed by atoms with Gasteiger partial charge in [0.05, 0.1) is 6.20 Å². The van der Waals surface area contributed by atoms with Crippen molar-refractivity contribution in [3.05, 3.63) is 66.3 Å². The molecule has 1 N–H and O–H groups in total. The van der Waals surface area contributed by atoms with Crippen LogP contribution in [0.25, 0.3) is 0 Å². The maximum absolute atomic E-state index is 13.1. The number of benzene rings is 1. The van der Waals surface area contributed by atoms with Crippen LogP contribution in [-0.2, 0) is 0 Å². The monoisotopic (exact) mass is 396 g/mol. The third-order valence-electron chi connectivity index (χ3n) is 4.50. The number of oxazole rings is 1. The number of nitrogens with zero attached hydrogens (tertiary/aromatic N) is 5. The van der Waals surface area contributed by atoms with Gasteiger partial charge >= 0.3 is 6.01 Å². The van der Waals surface area contributed by atoms with Gasteiger partial charge in [0, 0.05) is 44.3 Å². The second-order valence-electron chi connectivity index (χ2n) is 6.34. The topological polar surface area (TPSA) is 104 Å². The molecule has 29 heavy (non-hydrogen) atoms. The lowest BCUT2D eigenvalue weighted by molar-refractivity contribution is 0.0740. The Labute approximate surface area is 165 Å². The zero-order valence-electron chi connectivity index (χ0n) is 15.3. The Morgan fingerprint density at radius 2 is 1.79 bits per heavy atom. The molecule has 0 atom stereocenters. The van der Waals surface area contributed by atoms with Crippen LogP contribution < -0.4 is 10.2 Å². The van der Waals surface area contributed by atoms with Crippen molar-refractivity contribution in [2.24, 2.45) is 0 Å². The van der Waals surface area contributed by atoms with Crippen molar-refractivity contribution in [1.82, 2.24) is 19.9 Å². The standard InChI is InChI=1S/C19H17FN6O3/c20-13-1-3-14(4-2-13)25-7-9-26(10-8-25)18(28)16-12-29-19(23-16)24-17(27)15-11-21-5-6-22-15/h1-6,11-12H,7-10H2,(H,23,24,27). The minimum absolute atomic E-state index is 0.0889. The third-order valence-corrected chi connectivity index (χ3v) is 4.50. The van der Waals surface area contributed by atoms with Crippen molar-refractivity contribution in [1.29, 1.82) is 0 Å². The molecule has 148 valence electrons. The summed E-state index contributed by atoms with van der Waals surface area (Å²) < 4.78 is 18.3. The first kappa shape index (κ1) is 18.5. The van der Waals surface area contributed by atoms with E-state index >= 15 is 0 Å². The summed E-state index contributed by atoms with van der Waals surface area (Å²) >= 11 is 0. The lowest BCUT2D eigenvalue weighted by Gasteiger charge is -2.35. The highest BCUT2D eigenvalue weighted by atomic mass is 19.1. The summed E-state index contributed by atoms with van der Waals surface area (Å²) in [6, 6.07) is 6.18. The van der Waals surface area contributed by atoms with Crippen LogP contribution in [0.15, 0.2) is 53.5 Å². The maximum atomic E-state index is 13.1. The molecule has 0 spiro atoms. The predicted octanol–water partition coefficient (Wildman–Crippen LogP) is 1.82. The summed E-state index contributed by atoms with van der Waals surface area (Å²) in [6.07, 6.45) is 5.37. The van der Waals surface area contributed by atoms with Crippen LogP contribution >= 0.6 is 0 Å². The van der Waals surface area contributed by atoms with Crippen molar-refractivity contribution in [2.75, 3.05) is 36.4 Å². The molecule has 0 bridgehead atoms. The summed E-state index contributed by atoms with van der Waals surface area (Å²) in [5.74, 6) is -1.10. The number of nitrogens with one attached hydrogen (secondary N) is 1. The van der Waals surface area contributed by atoms with Crippen molar-refractivity contribution in [3.63, 3.8) is 0 Å². The second kappa shape index (κ2) is 8.05. The molecule has 1 aliphatic rings. The van der Waals surface area contributed by atoms with E-state index in [1.54, 1.807) is 17.0 Å². The highest BCUT2D eigenvalue weighted by Crippen LogP contribution is 2.18. The molecule has 0 radical (unpaired) electrons. The first-order valence-corrected chi connectivity index (χ1v) is 8.93. The quantitative estimate of drug-likeness (QED) is 0.717. The fraction of sp³-hybridized carbons (Fsp3) is 0.211. The third kappa shape index (κ3) is 4.21. The predicted molar refractivity (Wildman–Crippen MR) is 101 cm³/mol. The molecule has 9 nitrogen and oxygen atoms in total. The Morgan fingerprint density at radius 3 is 2.48 bits per heavy atom. The smallest absolute Gasteiger partial charge is 0.302 e.